The number of fused-ring (bicyclic) bond motifs is 3. The predicted octanol–water partition coefficient (Wildman–Crippen LogP) is 7.58. The van der Waals surface area contributed by atoms with Gasteiger partial charge in [0.05, 0.1) is 29.7 Å². The zero-order valence-corrected chi connectivity index (χ0v) is 24.2. The number of benzene rings is 1. The van der Waals surface area contributed by atoms with E-state index in [1.807, 2.05) is 61.7 Å². The monoisotopic (exact) mass is 565 g/mol. The number of nitrogens with zero attached hydrogens (tertiary/aromatic N) is 4. The topological polar surface area (TPSA) is 89.7 Å². The Morgan fingerprint density at radius 1 is 1.19 bits per heavy atom. The average molecular weight is 566 g/mol. The maximum atomic E-state index is 10.1. The molecule has 0 saturated heterocycles. The number of thiol groups is 1. The fraction of sp³-hybridized carbons (Fsp3) is 0.139. The molecule has 2 aromatic rings. The Bertz CT molecular complexity index is 1730. The minimum atomic E-state index is -0.305. The Kier molecular flexibility index (Phi) is 8.58. The first-order chi connectivity index (χ1) is 20.5. The number of hydrogen-bond donors (Lipinski definition) is 2. The largest absolute Gasteiger partial charge is 0.404 e. The standard InChI is InChI=1S/C36H31N5S/c1-24(28(22-39)11-13-42)14-31(29-6-5-12-40-23-29)15-25(2)30-16-27(21-38)17-32(19-30)41-35-8-4-3-7-33(35)34-18-26(20-37)9-10-36(34)41/h3-16,18-19,22-23,27,33,35,42H,2,17,39H2,1H3/b13-11-,24-14+,28-22?,31-15+. The number of aromatic nitrogens is 1. The van der Waals surface area contributed by atoms with Gasteiger partial charge in [-0.05, 0) is 88.3 Å². The average Bonchev–Trinajstić information content (AvgIpc) is 3.36. The molecule has 0 fully saturated rings. The number of rotatable bonds is 7. The van der Waals surface area contributed by atoms with Crippen molar-refractivity contribution in [2.75, 3.05) is 4.90 Å². The molecule has 0 amide bonds. The highest BCUT2D eigenvalue weighted by atomic mass is 32.1. The normalized spacial score (nSPS) is 21.8. The summed E-state index contributed by atoms with van der Waals surface area (Å²) in [5, 5.41) is 21.3. The van der Waals surface area contributed by atoms with Crippen LogP contribution in [0, 0.1) is 28.6 Å². The SMILES string of the molecule is C=C(/C=C(\C=C(/C)C(=CN)/C=C\S)c1cccnc1)C1=CC(C#N)CC(N2c3ccc(C#N)cc3C3C=CC=CC32)=C1. The van der Waals surface area contributed by atoms with Gasteiger partial charge in [-0.1, -0.05) is 49.1 Å². The Hall–Kier alpha value is -5.04. The van der Waals surface area contributed by atoms with Crippen molar-refractivity contribution in [3.8, 4) is 12.1 Å². The molecule has 2 N–H and O–H groups in total. The van der Waals surface area contributed by atoms with Gasteiger partial charge < -0.3 is 10.6 Å². The molecular weight excluding hydrogens is 534 g/mol. The molecule has 3 atom stereocenters. The zero-order chi connectivity index (χ0) is 29.6. The molecular formula is C36H31N5S. The van der Waals surface area contributed by atoms with E-state index in [2.05, 4.69) is 77.7 Å². The van der Waals surface area contributed by atoms with E-state index < -0.39 is 0 Å². The molecule has 0 radical (unpaired) electrons. The number of hydrogen-bond acceptors (Lipinski definition) is 6. The second-order valence-corrected chi connectivity index (χ2v) is 10.7. The first kappa shape index (κ1) is 28.5. The molecule has 206 valence electrons. The van der Waals surface area contributed by atoms with Crippen LogP contribution < -0.4 is 10.6 Å². The highest BCUT2D eigenvalue weighted by Gasteiger charge is 2.39. The van der Waals surface area contributed by atoms with E-state index in [-0.39, 0.29) is 17.9 Å². The smallest absolute Gasteiger partial charge is 0.0991 e. The van der Waals surface area contributed by atoms with Crippen molar-refractivity contribution in [3.05, 3.63) is 160 Å². The number of nitrogens with two attached hydrogens (primary N) is 1. The van der Waals surface area contributed by atoms with E-state index >= 15 is 0 Å². The van der Waals surface area contributed by atoms with Gasteiger partial charge in [-0.2, -0.15) is 23.2 Å². The molecule has 1 aromatic heterocycles. The molecule has 5 rings (SSSR count). The van der Waals surface area contributed by atoms with E-state index in [1.165, 1.54) is 0 Å². The van der Waals surface area contributed by atoms with Gasteiger partial charge >= 0.3 is 0 Å². The summed E-state index contributed by atoms with van der Waals surface area (Å²) in [5.41, 5.74) is 15.1. The summed E-state index contributed by atoms with van der Waals surface area (Å²) >= 11 is 4.20. The molecule has 6 heteroatoms. The van der Waals surface area contributed by atoms with Gasteiger partial charge in [0.15, 0.2) is 0 Å². The third kappa shape index (κ3) is 5.72. The first-order valence-corrected chi connectivity index (χ1v) is 14.2. The molecule has 0 saturated carbocycles. The van der Waals surface area contributed by atoms with Crippen LogP contribution in [0.25, 0.3) is 5.57 Å². The van der Waals surface area contributed by atoms with Gasteiger partial charge in [0.25, 0.3) is 0 Å². The summed E-state index contributed by atoms with van der Waals surface area (Å²) in [6.45, 7) is 6.43. The van der Waals surface area contributed by atoms with Crippen LogP contribution >= 0.6 is 12.6 Å². The fourth-order valence-electron chi connectivity index (χ4n) is 5.71. The van der Waals surface area contributed by atoms with Crippen molar-refractivity contribution in [1.29, 1.82) is 10.5 Å². The van der Waals surface area contributed by atoms with Gasteiger partial charge in [-0.25, -0.2) is 0 Å². The lowest BCUT2D eigenvalue weighted by Crippen LogP contribution is -2.33. The molecule has 5 nitrogen and oxygen atoms in total. The maximum absolute atomic E-state index is 10.1. The second-order valence-electron chi connectivity index (χ2n) is 10.4. The summed E-state index contributed by atoms with van der Waals surface area (Å²) in [6.07, 6.45) is 24.3. The minimum Gasteiger partial charge on any atom is -0.404 e. The van der Waals surface area contributed by atoms with Crippen molar-refractivity contribution in [2.45, 2.75) is 25.3 Å². The molecule has 2 aliphatic carbocycles. The second kappa shape index (κ2) is 12.6. The third-order valence-corrected chi connectivity index (χ3v) is 7.89. The van der Waals surface area contributed by atoms with Crippen molar-refractivity contribution in [1.82, 2.24) is 4.98 Å². The Morgan fingerprint density at radius 3 is 2.74 bits per heavy atom. The van der Waals surface area contributed by atoms with Crippen LogP contribution in [0.15, 0.2) is 144 Å². The van der Waals surface area contributed by atoms with Crippen LogP contribution in [0.1, 0.15) is 36.0 Å². The van der Waals surface area contributed by atoms with Gasteiger partial charge in [0.1, 0.15) is 0 Å². The van der Waals surface area contributed by atoms with Gasteiger partial charge in [0.2, 0.25) is 0 Å². The van der Waals surface area contributed by atoms with Crippen molar-refractivity contribution >= 4 is 23.9 Å². The number of pyridine rings is 1. The Labute approximate surface area is 253 Å². The van der Waals surface area contributed by atoms with Crippen molar-refractivity contribution in [2.24, 2.45) is 11.7 Å². The van der Waals surface area contributed by atoms with Crippen LogP contribution in [0.2, 0.25) is 0 Å². The fourth-order valence-corrected chi connectivity index (χ4v) is 5.87. The van der Waals surface area contributed by atoms with E-state index in [4.69, 9.17) is 5.73 Å². The summed E-state index contributed by atoms with van der Waals surface area (Å²) in [5.74, 6) is -0.167. The quantitative estimate of drug-likeness (QED) is 0.267. The highest BCUT2D eigenvalue weighted by Crippen LogP contribution is 2.48. The lowest BCUT2D eigenvalue weighted by atomic mass is 9.88. The van der Waals surface area contributed by atoms with Crippen molar-refractivity contribution in [3.63, 3.8) is 0 Å². The maximum Gasteiger partial charge on any atom is 0.0991 e. The van der Waals surface area contributed by atoms with Crippen LogP contribution in [0.5, 0.6) is 0 Å². The molecule has 3 aliphatic rings. The summed E-state index contributed by atoms with van der Waals surface area (Å²) in [7, 11) is 0. The van der Waals surface area contributed by atoms with Gasteiger partial charge in [-0.15, -0.1) is 0 Å². The summed E-state index contributed by atoms with van der Waals surface area (Å²) in [6, 6.07) is 14.6. The Morgan fingerprint density at radius 2 is 2.02 bits per heavy atom. The minimum absolute atomic E-state index is 0.0746. The van der Waals surface area contributed by atoms with E-state index in [1.54, 1.807) is 17.8 Å². The molecule has 3 unspecified atom stereocenters. The zero-order valence-electron chi connectivity index (χ0n) is 23.4. The van der Waals surface area contributed by atoms with Crippen LogP contribution in [0.3, 0.4) is 0 Å². The van der Waals surface area contributed by atoms with E-state index in [0.717, 1.165) is 50.4 Å². The van der Waals surface area contributed by atoms with E-state index in [9.17, 15) is 10.5 Å². The molecule has 42 heavy (non-hydrogen) atoms. The number of nitriles is 2. The van der Waals surface area contributed by atoms with E-state index in [0.29, 0.717) is 12.0 Å². The molecule has 1 aliphatic heterocycles. The molecule has 0 bridgehead atoms. The number of anilines is 1. The molecule has 2 heterocycles. The summed E-state index contributed by atoms with van der Waals surface area (Å²) < 4.78 is 0. The summed E-state index contributed by atoms with van der Waals surface area (Å²) in [4.78, 5) is 6.65. The van der Waals surface area contributed by atoms with Gasteiger partial charge in [0, 0.05) is 47.9 Å². The van der Waals surface area contributed by atoms with Crippen molar-refractivity contribution < 1.29 is 0 Å². The number of allylic oxidation sites excluding steroid dienone is 13. The van der Waals surface area contributed by atoms with Gasteiger partial charge in [-0.3, -0.25) is 4.98 Å². The molecule has 1 aromatic carbocycles. The molecule has 0 spiro atoms. The lowest BCUT2D eigenvalue weighted by molar-refractivity contribution is 0.674. The van der Waals surface area contributed by atoms with Crippen LogP contribution in [-0.2, 0) is 0 Å². The highest BCUT2D eigenvalue weighted by molar-refractivity contribution is 7.83. The van der Waals surface area contributed by atoms with Crippen LogP contribution in [0.4, 0.5) is 5.69 Å². The Balaban J connectivity index is 1.57. The first-order valence-electron chi connectivity index (χ1n) is 13.7. The third-order valence-electron chi connectivity index (χ3n) is 7.74. The lowest BCUT2D eigenvalue weighted by Gasteiger charge is -2.33. The van der Waals surface area contributed by atoms with Crippen LogP contribution in [-0.4, -0.2) is 11.0 Å². The predicted molar refractivity (Wildman–Crippen MR) is 174 cm³/mol.